The van der Waals surface area contributed by atoms with E-state index < -0.39 is 24.2 Å². The zero-order valence-corrected chi connectivity index (χ0v) is 22.1. The number of urea groups is 1. The van der Waals surface area contributed by atoms with Gasteiger partial charge in [0.1, 0.15) is 6.04 Å². The van der Waals surface area contributed by atoms with Crippen LogP contribution in [0.4, 0.5) is 23.7 Å². The van der Waals surface area contributed by atoms with Gasteiger partial charge in [0, 0.05) is 34.7 Å². The van der Waals surface area contributed by atoms with Crippen molar-refractivity contribution in [2.45, 2.75) is 50.4 Å². The Labute approximate surface area is 227 Å². The lowest BCUT2D eigenvalue weighted by Crippen LogP contribution is -2.51. The number of carboxylic acids is 1. The first-order valence-electron chi connectivity index (χ1n) is 12.2. The lowest BCUT2D eigenvalue weighted by atomic mass is 9.99. The van der Waals surface area contributed by atoms with Crippen molar-refractivity contribution in [2.75, 3.05) is 31.5 Å². The van der Waals surface area contributed by atoms with E-state index in [0.29, 0.717) is 16.8 Å². The monoisotopic (exact) mass is 574 g/mol. The number of aliphatic carboxylic acids is 1. The van der Waals surface area contributed by atoms with Gasteiger partial charge in [-0.05, 0) is 74.5 Å². The number of rotatable bonds is 5. The summed E-state index contributed by atoms with van der Waals surface area (Å²) in [6.07, 6.45) is 0.818. The van der Waals surface area contributed by atoms with E-state index in [1.165, 1.54) is 43.7 Å². The number of piperidine rings is 2. The van der Waals surface area contributed by atoms with Crippen LogP contribution >= 0.6 is 22.9 Å². The van der Waals surface area contributed by atoms with Crippen LogP contribution in [0.1, 0.15) is 43.0 Å². The van der Waals surface area contributed by atoms with Crippen LogP contribution in [0.5, 0.6) is 0 Å². The molecule has 0 radical (unpaired) electrons. The first-order chi connectivity index (χ1) is 18.0. The topological polar surface area (TPSA) is 102 Å². The van der Waals surface area contributed by atoms with Gasteiger partial charge in [0.2, 0.25) is 0 Å². The van der Waals surface area contributed by atoms with Crippen molar-refractivity contribution in [2.24, 2.45) is 0 Å². The standard InChI is InChI=1S/C23H29ClN4O2S.C2HF3O2/c24-17-6-8-18(9-7-17)25-23(30)26-21(20-5-4-16-31-20)22(29)28-14-10-19(11-15-28)27-12-2-1-3-13-27;3-2(4,5)1(6)7/h4-9,16,19,21H,1-3,10-15H2,(H2,25,26,30);(H,6,7)/t21-;/m1./s1. The van der Waals surface area contributed by atoms with Gasteiger partial charge in [-0.25, -0.2) is 9.59 Å². The summed E-state index contributed by atoms with van der Waals surface area (Å²) >= 11 is 7.39. The predicted molar refractivity (Wildman–Crippen MR) is 139 cm³/mol. The highest BCUT2D eigenvalue weighted by Crippen LogP contribution is 2.26. The van der Waals surface area contributed by atoms with Crippen LogP contribution in [0.25, 0.3) is 0 Å². The van der Waals surface area contributed by atoms with E-state index >= 15 is 0 Å². The Hall–Kier alpha value is -2.83. The Bertz CT molecular complexity index is 1060. The van der Waals surface area contributed by atoms with Crippen LogP contribution in [0, 0.1) is 0 Å². The second-order valence-corrected chi connectivity index (χ2v) is 10.4. The molecule has 0 spiro atoms. The highest BCUT2D eigenvalue weighted by atomic mass is 35.5. The highest BCUT2D eigenvalue weighted by molar-refractivity contribution is 7.10. The number of anilines is 1. The molecular formula is C25H30ClF3N4O4S. The molecule has 2 saturated heterocycles. The number of thiophene rings is 1. The van der Waals surface area contributed by atoms with Crippen molar-refractivity contribution in [3.05, 3.63) is 51.7 Å². The Morgan fingerprint density at radius 2 is 1.61 bits per heavy atom. The molecule has 2 aliphatic heterocycles. The van der Waals surface area contributed by atoms with Crippen molar-refractivity contribution in [3.8, 4) is 0 Å². The lowest BCUT2D eigenvalue weighted by Gasteiger charge is -2.41. The Morgan fingerprint density at radius 1 is 1.00 bits per heavy atom. The van der Waals surface area contributed by atoms with Gasteiger partial charge in [-0.3, -0.25) is 4.79 Å². The minimum atomic E-state index is -5.08. The summed E-state index contributed by atoms with van der Waals surface area (Å²) in [7, 11) is 0. The van der Waals surface area contributed by atoms with E-state index in [2.05, 4.69) is 15.5 Å². The molecule has 0 unspecified atom stereocenters. The molecule has 2 aromatic rings. The van der Waals surface area contributed by atoms with Gasteiger partial charge in [0.15, 0.2) is 0 Å². The van der Waals surface area contributed by atoms with Crippen molar-refractivity contribution < 1.29 is 32.7 Å². The minimum Gasteiger partial charge on any atom is -0.475 e. The number of alkyl halides is 3. The third-order valence-electron chi connectivity index (χ3n) is 6.38. The van der Waals surface area contributed by atoms with E-state index in [0.717, 1.165) is 30.8 Å². The molecule has 3 N–H and O–H groups in total. The number of carbonyl (C=O) groups is 3. The van der Waals surface area contributed by atoms with Crippen LogP contribution in [0.15, 0.2) is 41.8 Å². The summed E-state index contributed by atoms with van der Waals surface area (Å²) in [5.74, 6) is -2.79. The summed E-state index contributed by atoms with van der Waals surface area (Å²) in [4.78, 5) is 40.2. The number of carbonyl (C=O) groups excluding carboxylic acids is 2. The van der Waals surface area contributed by atoms with E-state index in [9.17, 15) is 22.8 Å². The minimum absolute atomic E-state index is 0.0363. The summed E-state index contributed by atoms with van der Waals surface area (Å²) < 4.78 is 31.7. The molecule has 1 atom stereocenters. The molecular weight excluding hydrogens is 545 g/mol. The van der Waals surface area contributed by atoms with Crippen molar-refractivity contribution in [3.63, 3.8) is 0 Å². The summed E-state index contributed by atoms with van der Waals surface area (Å²) in [5.41, 5.74) is 0.627. The number of carboxylic acid groups (broad SMARTS) is 1. The molecule has 1 aromatic carbocycles. The number of nitrogens with zero attached hydrogens (tertiary/aromatic N) is 2. The number of likely N-dealkylation sites (tertiary alicyclic amines) is 2. The van der Waals surface area contributed by atoms with Gasteiger partial charge in [0.25, 0.3) is 5.91 Å². The van der Waals surface area contributed by atoms with Crippen LogP contribution < -0.4 is 10.6 Å². The maximum absolute atomic E-state index is 13.4. The van der Waals surface area contributed by atoms with Gasteiger partial charge >= 0.3 is 18.2 Å². The van der Waals surface area contributed by atoms with E-state index in [1.54, 1.807) is 24.3 Å². The van der Waals surface area contributed by atoms with Crippen LogP contribution in [0.3, 0.4) is 0 Å². The van der Waals surface area contributed by atoms with Gasteiger partial charge < -0.3 is 25.5 Å². The number of benzene rings is 1. The van der Waals surface area contributed by atoms with Gasteiger partial charge in [0.05, 0.1) is 0 Å². The Kier molecular flexibility index (Phi) is 10.8. The van der Waals surface area contributed by atoms with Crippen molar-refractivity contribution in [1.82, 2.24) is 15.1 Å². The second-order valence-electron chi connectivity index (χ2n) is 9.01. The molecule has 0 aliphatic carbocycles. The number of halogens is 4. The molecule has 2 fully saturated rings. The third-order valence-corrected chi connectivity index (χ3v) is 7.57. The largest absolute Gasteiger partial charge is 0.490 e. The number of amides is 3. The molecule has 3 amide bonds. The fraction of sp³-hybridized carbons (Fsp3) is 0.480. The summed E-state index contributed by atoms with van der Waals surface area (Å²) in [5, 5.41) is 15.3. The zero-order chi connectivity index (χ0) is 27.7. The average molecular weight is 575 g/mol. The smallest absolute Gasteiger partial charge is 0.475 e. The fourth-order valence-corrected chi connectivity index (χ4v) is 5.35. The Morgan fingerprint density at radius 3 is 2.13 bits per heavy atom. The summed E-state index contributed by atoms with van der Waals surface area (Å²) in [6, 6.07) is 10.2. The van der Waals surface area contributed by atoms with E-state index in [4.69, 9.17) is 21.5 Å². The average Bonchev–Trinajstić information content (AvgIpc) is 3.43. The maximum Gasteiger partial charge on any atom is 0.490 e. The quantitative estimate of drug-likeness (QED) is 0.445. The molecule has 38 heavy (non-hydrogen) atoms. The second kappa shape index (κ2) is 13.8. The molecule has 3 heterocycles. The molecule has 208 valence electrons. The normalized spacial score (nSPS) is 17.6. The predicted octanol–water partition coefficient (Wildman–Crippen LogP) is 5.37. The fourth-order valence-electron chi connectivity index (χ4n) is 4.46. The van der Waals surface area contributed by atoms with E-state index in [-0.39, 0.29) is 5.91 Å². The lowest BCUT2D eigenvalue weighted by molar-refractivity contribution is -0.192. The SMILES string of the molecule is O=C(Nc1ccc(Cl)cc1)N[C@@H](C(=O)N1CCC(N2CCCCC2)CC1)c1cccs1.O=C(O)C(F)(F)F. The van der Waals surface area contributed by atoms with Crippen LogP contribution in [-0.2, 0) is 9.59 Å². The number of nitrogens with one attached hydrogen (secondary N) is 2. The molecule has 8 nitrogen and oxygen atoms in total. The van der Waals surface area contributed by atoms with Gasteiger partial charge in [-0.1, -0.05) is 24.1 Å². The summed E-state index contributed by atoms with van der Waals surface area (Å²) in [6.45, 7) is 3.84. The molecule has 13 heteroatoms. The first kappa shape index (κ1) is 29.7. The van der Waals surface area contributed by atoms with Crippen molar-refractivity contribution >= 4 is 46.5 Å². The highest BCUT2D eigenvalue weighted by Gasteiger charge is 2.38. The molecule has 0 saturated carbocycles. The molecule has 4 rings (SSSR count). The number of hydrogen-bond donors (Lipinski definition) is 3. The van der Waals surface area contributed by atoms with Crippen LogP contribution in [0.2, 0.25) is 5.02 Å². The van der Waals surface area contributed by atoms with Gasteiger partial charge in [-0.15, -0.1) is 11.3 Å². The van der Waals surface area contributed by atoms with Gasteiger partial charge in [-0.2, -0.15) is 13.2 Å². The van der Waals surface area contributed by atoms with Crippen molar-refractivity contribution in [1.29, 1.82) is 0 Å². The number of hydrogen-bond acceptors (Lipinski definition) is 5. The molecule has 0 bridgehead atoms. The van der Waals surface area contributed by atoms with E-state index in [1.807, 2.05) is 22.4 Å². The maximum atomic E-state index is 13.4. The zero-order valence-electron chi connectivity index (χ0n) is 20.5. The molecule has 1 aromatic heterocycles. The molecule has 2 aliphatic rings. The first-order valence-corrected chi connectivity index (χ1v) is 13.5. The van der Waals surface area contributed by atoms with Crippen LogP contribution in [-0.4, -0.2) is 71.2 Å². The third kappa shape index (κ3) is 8.88. The Balaban J connectivity index is 0.000000505.